The number of halogens is 1. The average molecular weight is 381 g/mol. The quantitative estimate of drug-likeness (QED) is 0.642. The summed E-state index contributed by atoms with van der Waals surface area (Å²) in [5, 5.41) is 4.09. The van der Waals surface area contributed by atoms with Crippen molar-refractivity contribution in [1.29, 1.82) is 0 Å². The lowest BCUT2D eigenvalue weighted by atomic mass is 10.1. The van der Waals surface area contributed by atoms with Gasteiger partial charge in [-0.05, 0) is 43.2 Å². The van der Waals surface area contributed by atoms with Gasteiger partial charge in [-0.25, -0.2) is 4.39 Å². The summed E-state index contributed by atoms with van der Waals surface area (Å²) in [7, 11) is 0. The lowest BCUT2D eigenvalue weighted by molar-refractivity contribution is -0.130. The van der Waals surface area contributed by atoms with Crippen molar-refractivity contribution >= 4 is 5.91 Å². The Morgan fingerprint density at radius 2 is 2.11 bits per heavy atom. The highest BCUT2D eigenvalue weighted by Gasteiger charge is 2.36. The Kier molecular flexibility index (Phi) is 5.06. The van der Waals surface area contributed by atoms with Crippen LogP contribution in [0.15, 0.2) is 53.1 Å². The SMILES string of the molecule is CCOc1ccccc1-c1noc(C2CCC(=O)N2Cc2cccc(F)c2)n1. The molecule has 0 aliphatic carbocycles. The number of hydrogen-bond acceptors (Lipinski definition) is 5. The van der Waals surface area contributed by atoms with E-state index in [-0.39, 0.29) is 17.8 Å². The molecule has 2 heterocycles. The summed E-state index contributed by atoms with van der Waals surface area (Å²) < 4.78 is 24.6. The second kappa shape index (κ2) is 7.80. The number of amides is 1. The molecule has 1 unspecified atom stereocenters. The molecule has 28 heavy (non-hydrogen) atoms. The smallest absolute Gasteiger partial charge is 0.249 e. The Labute approximate surface area is 161 Å². The summed E-state index contributed by atoms with van der Waals surface area (Å²) in [6.45, 7) is 2.74. The van der Waals surface area contributed by atoms with Crippen LogP contribution in [0.2, 0.25) is 0 Å². The second-order valence-electron chi connectivity index (χ2n) is 6.59. The number of rotatable bonds is 6. The van der Waals surface area contributed by atoms with E-state index in [4.69, 9.17) is 9.26 Å². The van der Waals surface area contributed by atoms with Crippen LogP contribution in [0, 0.1) is 5.82 Å². The third-order valence-electron chi connectivity index (χ3n) is 4.72. The van der Waals surface area contributed by atoms with Crippen LogP contribution in [0.3, 0.4) is 0 Å². The van der Waals surface area contributed by atoms with Crippen molar-refractivity contribution in [2.75, 3.05) is 6.61 Å². The Bertz CT molecular complexity index is 988. The van der Waals surface area contributed by atoms with Gasteiger partial charge < -0.3 is 14.2 Å². The molecule has 6 nitrogen and oxygen atoms in total. The van der Waals surface area contributed by atoms with Crippen molar-refractivity contribution in [3.8, 4) is 17.1 Å². The third-order valence-corrected chi connectivity index (χ3v) is 4.72. The zero-order valence-corrected chi connectivity index (χ0v) is 15.5. The number of carbonyl (C=O) groups is 1. The molecular weight excluding hydrogens is 361 g/mol. The summed E-state index contributed by atoms with van der Waals surface area (Å²) in [5.74, 6) is 1.14. The fourth-order valence-electron chi connectivity index (χ4n) is 3.43. The molecule has 1 fully saturated rings. The van der Waals surface area contributed by atoms with E-state index in [9.17, 15) is 9.18 Å². The van der Waals surface area contributed by atoms with E-state index in [1.807, 2.05) is 31.2 Å². The van der Waals surface area contributed by atoms with E-state index >= 15 is 0 Å². The normalized spacial score (nSPS) is 16.6. The van der Waals surface area contributed by atoms with Gasteiger partial charge >= 0.3 is 0 Å². The average Bonchev–Trinajstić information content (AvgIpc) is 3.30. The van der Waals surface area contributed by atoms with Gasteiger partial charge in [0.25, 0.3) is 0 Å². The summed E-state index contributed by atoms with van der Waals surface area (Å²) in [5.41, 5.74) is 1.46. The second-order valence-corrected chi connectivity index (χ2v) is 6.59. The molecule has 4 rings (SSSR count). The van der Waals surface area contributed by atoms with Crippen LogP contribution in [0.4, 0.5) is 4.39 Å². The van der Waals surface area contributed by atoms with Crippen molar-refractivity contribution < 1.29 is 18.4 Å². The van der Waals surface area contributed by atoms with E-state index < -0.39 is 0 Å². The zero-order chi connectivity index (χ0) is 19.5. The maximum absolute atomic E-state index is 13.5. The van der Waals surface area contributed by atoms with E-state index in [1.165, 1.54) is 12.1 Å². The molecule has 144 valence electrons. The maximum atomic E-state index is 13.5. The molecule has 0 bridgehead atoms. The lowest BCUT2D eigenvalue weighted by Gasteiger charge is -2.22. The minimum absolute atomic E-state index is 0.0104. The first-order valence-electron chi connectivity index (χ1n) is 9.25. The topological polar surface area (TPSA) is 68.5 Å². The Morgan fingerprint density at radius 3 is 2.93 bits per heavy atom. The molecule has 1 aliphatic rings. The van der Waals surface area contributed by atoms with Crippen molar-refractivity contribution in [3.63, 3.8) is 0 Å². The Morgan fingerprint density at radius 1 is 1.25 bits per heavy atom. The molecule has 1 aromatic heterocycles. The predicted octanol–water partition coefficient (Wildman–Crippen LogP) is 4.14. The molecule has 0 saturated carbocycles. The van der Waals surface area contributed by atoms with Crippen LogP contribution in [0.1, 0.15) is 37.3 Å². The number of aromatic nitrogens is 2. The third kappa shape index (κ3) is 3.60. The number of para-hydroxylation sites is 1. The standard InChI is InChI=1S/C21H20FN3O3/c1-2-27-18-9-4-3-8-16(18)20-23-21(28-24-20)17-10-11-19(26)25(17)13-14-6-5-7-15(22)12-14/h3-9,12,17H,2,10-11,13H2,1H3. The highest BCUT2D eigenvalue weighted by atomic mass is 19.1. The molecule has 1 saturated heterocycles. The van der Waals surface area contributed by atoms with E-state index in [1.54, 1.807) is 17.0 Å². The molecule has 1 amide bonds. The van der Waals surface area contributed by atoms with Gasteiger partial charge in [-0.3, -0.25) is 4.79 Å². The summed E-state index contributed by atoms with van der Waals surface area (Å²) in [6, 6.07) is 13.4. The number of nitrogens with zero attached hydrogens (tertiary/aromatic N) is 3. The van der Waals surface area contributed by atoms with E-state index in [0.29, 0.717) is 43.5 Å². The van der Waals surface area contributed by atoms with Gasteiger partial charge in [-0.15, -0.1) is 0 Å². The number of likely N-dealkylation sites (tertiary alicyclic amines) is 1. The molecule has 1 aliphatic heterocycles. The van der Waals surface area contributed by atoms with Gasteiger partial charge in [-0.2, -0.15) is 4.98 Å². The number of benzene rings is 2. The van der Waals surface area contributed by atoms with Gasteiger partial charge in [-0.1, -0.05) is 29.4 Å². The fourth-order valence-corrected chi connectivity index (χ4v) is 3.43. The van der Waals surface area contributed by atoms with E-state index in [2.05, 4.69) is 10.1 Å². The largest absolute Gasteiger partial charge is 0.493 e. The van der Waals surface area contributed by atoms with Gasteiger partial charge in [0.1, 0.15) is 17.6 Å². The Hall–Kier alpha value is -3.22. The number of hydrogen-bond donors (Lipinski definition) is 0. The first-order valence-corrected chi connectivity index (χ1v) is 9.25. The monoisotopic (exact) mass is 381 g/mol. The number of carbonyl (C=O) groups excluding carboxylic acids is 1. The first-order chi connectivity index (χ1) is 13.7. The van der Waals surface area contributed by atoms with Crippen LogP contribution in [0.5, 0.6) is 5.75 Å². The van der Waals surface area contributed by atoms with Crippen LogP contribution < -0.4 is 4.74 Å². The van der Waals surface area contributed by atoms with Crippen LogP contribution in [-0.2, 0) is 11.3 Å². The summed E-state index contributed by atoms with van der Waals surface area (Å²) in [6.07, 6.45) is 0.982. The van der Waals surface area contributed by atoms with Gasteiger partial charge in [0, 0.05) is 13.0 Å². The first kappa shape index (κ1) is 18.2. The molecular formula is C21H20FN3O3. The van der Waals surface area contributed by atoms with Gasteiger partial charge in [0.2, 0.25) is 17.6 Å². The molecule has 2 aromatic carbocycles. The van der Waals surface area contributed by atoms with Crippen molar-refractivity contribution in [2.45, 2.75) is 32.4 Å². The molecule has 0 radical (unpaired) electrons. The van der Waals surface area contributed by atoms with Crippen molar-refractivity contribution in [1.82, 2.24) is 15.0 Å². The molecule has 3 aromatic rings. The van der Waals surface area contributed by atoms with Crippen LogP contribution in [0.25, 0.3) is 11.4 Å². The minimum atomic E-state index is -0.326. The summed E-state index contributed by atoms with van der Waals surface area (Å²) >= 11 is 0. The van der Waals surface area contributed by atoms with Crippen molar-refractivity contribution in [2.24, 2.45) is 0 Å². The predicted molar refractivity (Wildman–Crippen MR) is 99.8 cm³/mol. The molecule has 0 spiro atoms. The Balaban J connectivity index is 1.60. The highest BCUT2D eigenvalue weighted by molar-refractivity contribution is 5.79. The lowest BCUT2D eigenvalue weighted by Crippen LogP contribution is -2.27. The van der Waals surface area contributed by atoms with Gasteiger partial charge in [0.05, 0.1) is 12.2 Å². The molecule has 1 atom stereocenters. The van der Waals surface area contributed by atoms with Crippen LogP contribution in [-0.4, -0.2) is 27.6 Å². The van der Waals surface area contributed by atoms with E-state index in [0.717, 1.165) is 11.1 Å². The van der Waals surface area contributed by atoms with Crippen LogP contribution >= 0.6 is 0 Å². The molecule has 0 N–H and O–H groups in total. The highest BCUT2D eigenvalue weighted by Crippen LogP contribution is 2.35. The van der Waals surface area contributed by atoms with Crippen molar-refractivity contribution in [3.05, 3.63) is 65.8 Å². The van der Waals surface area contributed by atoms with Gasteiger partial charge in [0.15, 0.2) is 0 Å². The zero-order valence-electron chi connectivity index (χ0n) is 15.5. The molecule has 7 heteroatoms. The minimum Gasteiger partial charge on any atom is -0.493 e. The maximum Gasteiger partial charge on any atom is 0.249 e. The number of ether oxygens (including phenoxy) is 1. The summed E-state index contributed by atoms with van der Waals surface area (Å²) in [4.78, 5) is 18.6. The fraction of sp³-hybridized carbons (Fsp3) is 0.286.